The summed E-state index contributed by atoms with van der Waals surface area (Å²) in [5, 5.41) is 3.49. The Kier molecular flexibility index (Phi) is 13.3. The molecule has 0 saturated carbocycles. The molecule has 0 unspecified atom stereocenters. The first-order valence-corrected chi connectivity index (χ1v) is 8.20. The highest BCUT2D eigenvalue weighted by atomic mass is 127. The van der Waals surface area contributed by atoms with Gasteiger partial charge in [0.2, 0.25) is 3.70 Å². The van der Waals surface area contributed by atoms with Crippen LogP contribution in [0.3, 0.4) is 0 Å². The summed E-state index contributed by atoms with van der Waals surface area (Å²) >= 11 is 2.35. The first kappa shape index (κ1) is 20.4. The quantitative estimate of drug-likeness (QED) is 0.218. The number of rotatable bonds is 10. The maximum Gasteiger partial charge on any atom is 0.243 e. The van der Waals surface area contributed by atoms with Crippen LogP contribution in [0.15, 0.2) is 18.3 Å². The van der Waals surface area contributed by atoms with Crippen molar-refractivity contribution >= 4 is 28.3 Å². The molecule has 0 atom stereocenters. The van der Waals surface area contributed by atoms with E-state index < -0.39 is 0 Å². The summed E-state index contributed by atoms with van der Waals surface area (Å²) in [7, 11) is 3.84. The highest BCUT2D eigenvalue weighted by Crippen LogP contribution is 2.10. The Labute approximate surface area is 154 Å². The normalized spacial score (nSPS) is 10.2. The fourth-order valence-corrected chi connectivity index (χ4v) is 2.46. The van der Waals surface area contributed by atoms with Gasteiger partial charge in [-0.1, -0.05) is 25.7 Å². The van der Waals surface area contributed by atoms with E-state index in [-0.39, 0.29) is 24.0 Å². The molecule has 3 nitrogen and oxygen atoms in total. The Morgan fingerprint density at radius 1 is 1.15 bits per heavy atom. The number of unbranched alkanes of at least 4 members (excludes halogenated alkanes) is 5. The minimum Gasteiger partial charge on any atom is -1.00 e. The van der Waals surface area contributed by atoms with Gasteiger partial charge in [0.15, 0.2) is 6.20 Å². The van der Waals surface area contributed by atoms with Crippen molar-refractivity contribution in [2.24, 2.45) is 7.05 Å². The molecular weight excluding hydrogens is 478 g/mol. The summed E-state index contributed by atoms with van der Waals surface area (Å²) in [5.41, 5.74) is 1.22. The first-order chi connectivity index (χ1) is 9.24. The topological polar surface area (TPSA) is 25.1 Å². The molecule has 5 heteroatoms. The highest BCUT2D eigenvalue weighted by molar-refractivity contribution is 14.1. The Morgan fingerprint density at radius 2 is 1.80 bits per heavy atom. The lowest BCUT2D eigenvalue weighted by molar-refractivity contribution is -0.684. The van der Waals surface area contributed by atoms with E-state index in [1.165, 1.54) is 47.9 Å². The average molecular weight is 504 g/mol. The highest BCUT2D eigenvalue weighted by Gasteiger charge is 2.02. The van der Waals surface area contributed by atoms with E-state index in [0.29, 0.717) is 0 Å². The van der Waals surface area contributed by atoms with Crippen molar-refractivity contribution in [1.29, 1.82) is 0 Å². The third-order valence-corrected chi connectivity index (χ3v) is 4.27. The lowest BCUT2D eigenvalue weighted by Crippen LogP contribution is -3.00. The molecule has 0 bridgehead atoms. The number of halogens is 2. The summed E-state index contributed by atoms with van der Waals surface area (Å²) in [6.45, 7) is 1.98. The number of hydrogen-bond donors (Lipinski definition) is 1. The predicted molar refractivity (Wildman–Crippen MR) is 88.4 cm³/mol. The van der Waals surface area contributed by atoms with Gasteiger partial charge >= 0.3 is 0 Å². The van der Waals surface area contributed by atoms with E-state index in [0.717, 1.165) is 13.2 Å². The Bertz CT molecular complexity index is 362. The van der Waals surface area contributed by atoms with Crippen molar-refractivity contribution < 1.29 is 33.3 Å². The minimum atomic E-state index is 0. The van der Waals surface area contributed by atoms with Crippen LogP contribution in [0.4, 0.5) is 5.69 Å². The molecule has 1 aromatic heterocycles. The second-order valence-corrected chi connectivity index (χ2v) is 6.00. The monoisotopic (exact) mass is 504 g/mol. The number of nitrogens with zero attached hydrogens (tertiary/aromatic N) is 1. The Morgan fingerprint density at radius 3 is 2.45 bits per heavy atom. The fraction of sp³-hybridized carbons (Fsp3) is 0.667. The van der Waals surface area contributed by atoms with Crippen molar-refractivity contribution in [2.75, 3.05) is 25.6 Å². The molecule has 1 N–H and O–H groups in total. The van der Waals surface area contributed by atoms with Crippen LogP contribution in [0.1, 0.15) is 38.5 Å². The zero-order valence-corrected chi connectivity index (χ0v) is 16.8. The molecule has 0 radical (unpaired) electrons. The minimum absolute atomic E-state index is 0. The van der Waals surface area contributed by atoms with Crippen molar-refractivity contribution in [3.05, 3.63) is 22.0 Å². The van der Waals surface area contributed by atoms with E-state index in [1.807, 2.05) is 0 Å². The number of pyridine rings is 1. The first-order valence-electron chi connectivity index (χ1n) is 7.12. The van der Waals surface area contributed by atoms with Crippen LogP contribution in [0.2, 0.25) is 0 Å². The van der Waals surface area contributed by atoms with Crippen LogP contribution in [0, 0.1) is 3.70 Å². The summed E-state index contributed by atoms with van der Waals surface area (Å²) < 4.78 is 8.41. The van der Waals surface area contributed by atoms with Gasteiger partial charge in [-0.05, 0) is 12.8 Å². The second-order valence-electron chi connectivity index (χ2n) is 4.89. The average Bonchev–Trinajstić information content (AvgIpc) is 2.41. The van der Waals surface area contributed by atoms with Gasteiger partial charge in [0.1, 0.15) is 7.05 Å². The second kappa shape index (κ2) is 13.1. The van der Waals surface area contributed by atoms with Crippen molar-refractivity contribution in [3.8, 4) is 0 Å². The molecule has 0 aliphatic rings. The molecule has 1 rings (SSSR count). The van der Waals surface area contributed by atoms with E-state index in [4.69, 9.17) is 4.74 Å². The lowest BCUT2D eigenvalue weighted by Gasteiger charge is -2.06. The zero-order valence-electron chi connectivity index (χ0n) is 12.5. The summed E-state index contributed by atoms with van der Waals surface area (Å²) in [6, 6.07) is 4.32. The van der Waals surface area contributed by atoms with Crippen LogP contribution in [-0.4, -0.2) is 20.3 Å². The van der Waals surface area contributed by atoms with E-state index in [2.05, 4.69) is 57.9 Å². The van der Waals surface area contributed by atoms with E-state index in [1.54, 1.807) is 7.11 Å². The van der Waals surface area contributed by atoms with Gasteiger partial charge in [0, 0.05) is 60.7 Å². The van der Waals surface area contributed by atoms with Crippen LogP contribution in [0.25, 0.3) is 0 Å². The predicted octanol–water partition coefficient (Wildman–Crippen LogP) is 0.519. The largest absolute Gasteiger partial charge is 1.00 e. The smallest absolute Gasteiger partial charge is 0.243 e. The van der Waals surface area contributed by atoms with E-state index >= 15 is 0 Å². The van der Waals surface area contributed by atoms with Crippen LogP contribution in [0.5, 0.6) is 0 Å². The number of hydrogen-bond acceptors (Lipinski definition) is 2. The third kappa shape index (κ3) is 9.33. The summed E-state index contributed by atoms with van der Waals surface area (Å²) in [6.07, 6.45) is 9.84. The standard InChI is InChI=1S/C15H25IN2O.HI/c1-18-11-9-14(13-15(18)16)17-10-7-5-3-4-6-8-12-19-2;/h9,11,13H,3-8,10,12H2,1-2H3;1H. The zero-order chi connectivity index (χ0) is 13.9. The molecule has 0 amide bonds. The molecule has 20 heavy (non-hydrogen) atoms. The SMILES string of the molecule is COCCCCCCCCNc1cc[n+](C)c(I)c1.[I-]. The molecule has 0 saturated heterocycles. The number of aromatic nitrogens is 1. The van der Waals surface area contributed by atoms with Crippen LogP contribution >= 0.6 is 22.6 Å². The molecule has 116 valence electrons. The maximum absolute atomic E-state index is 5.04. The van der Waals surface area contributed by atoms with E-state index in [9.17, 15) is 0 Å². The fourth-order valence-electron chi connectivity index (χ4n) is 1.96. The van der Waals surface area contributed by atoms with Gasteiger partial charge in [0.05, 0.1) is 0 Å². The third-order valence-electron chi connectivity index (χ3n) is 3.19. The molecule has 0 aliphatic carbocycles. The molecular formula is C15H26I2N2O. The maximum atomic E-state index is 5.04. The van der Waals surface area contributed by atoms with Gasteiger partial charge in [-0.3, -0.25) is 0 Å². The Balaban J connectivity index is 0.00000361. The van der Waals surface area contributed by atoms with Gasteiger partial charge in [-0.15, -0.1) is 0 Å². The number of aryl methyl sites for hydroxylation is 1. The van der Waals surface area contributed by atoms with Crippen LogP contribution in [-0.2, 0) is 11.8 Å². The summed E-state index contributed by atoms with van der Waals surface area (Å²) in [4.78, 5) is 0. The molecule has 1 heterocycles. The van der Waals surface area contributed by atoms with Crippen LogP contribution < -0.4 is 33.9 Å². The van der Waals surface area contributed by atoms with Crippen molar-refractivity contribution in [3.63, 3.8) is 0 Å². The number of ether oxygens (including phenoxy) is 1. The molecule has 0 spiro atoms. The van der Waals surface area contributed by atoms with Gasteiger partial charge in [-0.2, -0.15) is 4.57 Å². The van der Waals surface area contributed by atoms with Gasteiger partial charge in [0.25, 0.3) is 0 Å². The summed E-state index contributed by atoms with van der Waals surface area (Å²) in [5.74, 6) is 0. The van der Waals surface area contributed by atoms with Gasteiger partial charge < -0.3 is 34.0 Å². The van der Waals surface area contributed by atoms with Crippen molar-refractivity contribution in [1.82, 2.24) is 0 Å². The number of nitrogens with one attached hydrogen (secondary N) is 1. The number of anilines is 1. The molecule has 0 fully saturated rings. The number of methoxy groups -OCH3 is 1. The lowest BCUT2D eigenvalue weighted by atomic mass is 10.1. The molecule has 0 aromatic carbocycles. The molecule has 0 aliphatic heterocycles. The Hall–Kier alpha value is 0.370. The van der Waals surface area contributed by atoms with Crippen molar-refractivity contribution in [2.45, 2.75) is 38.5 Å². The molecule has 1 aromatic rings. The van der Waals surface area contributed by atoms with Gasteiger partial charge in [-0.25, -0.2) is 0 Å².